The number of alkyl carbamates (subject to hydrolysis) is 1. The van der Waals surface area contributed by atoms with Crippen molar-refractivity contribution in [3.8, 4) is 0 Å². The minimum absolute atomic E-state index is 0.290. The number of carbonyl (C=O) groups is 2. The van der Waals surface area contributed by atoms with Gasteiger partial charge in [-0.05, 0) is 54.4 Å². The van der Waals surface area contributed by atoms with E-state index in [2.05, 4.69) is 27.9 Å². The lowest BCUT2D eigenvalue weighted by Gasteiger charge is -2.26. The number of esters is 1. The zero-order valence-corrected chi connectivity index (χ0v) is 16.4. The van der Waals surface area contributed by atoms with Crippen LogP contribution in [0.2, 0.25) is 0 Å². The van der Waals surface area contributed by atoms with Gasteiger partial charge in [0.05, 0.1) is 6.10 Å². The molecule has 2 N–H and O–H groups in total. The molecule has 0 rings (SSSR count). The molecule has 0 spiro atoms. The van der Waals surface area contributed by atoms with Crippen LogP contribution in [0.1, 0.15) is 54.4 Å². The number of hydrogen-bond acceptors (Lipinski definition) is 5. The van der Waals surface area contributed by atoms with Crippen molar-refractivity contribution in [1.82, 2.24) is 5.32 Å². The maximum absolute atomic E-state index is 12.2. The number of nitrogens with one attached hydrogen (secondary N) is 1. The number of carbonyl (C=O) groups excluding carboxylic acids is 2. The maximum Gasteiger partial charge on any atom is 0.408 e. The van der Waals surface area contributed by atoms with Crippen molar-refractivity contribution in [1.29, 1.82) is 0 Å². The molecule has 0 radical (unpaired) electrons. The molecule has 1 amide bonds. The normalized spacial score (nSPS) is 14.9. The molecule has 0 bridgehead atoms. The summed E-state index contributed by atoms with van der Waals surface area (Å²) in [5.74, 6) is -0.529. The molecule has 6 nitrogen and oxygen atoms in total. The van der Waals surface area contributed by atoms with E-state index in [1.54, 1.807) is 41.5 Å². The van der Waals surface area contributed by atoms with Crippen molar-refractivity contribution < 1.29 is 24.2 Å². The van der Waals surface area contributed by atoms with Crippen LogP contribution in [-0.4, -0.2) is 44.9 Å². The Kier molecular flexibility index (Phi) is 8.67. The molecule has 130 valence electrons. The zero-order chi connectivity index (χ0) is 17.6. The Hall–Kier alpha value is -0.570. The van der Waals surface area contributed by atoms with Crippen molar-refractivity contribution in [2.24, 2.45) is 0 Å². The van der Waals surface area contributed by atoms with E-state index >= 15 is 0 Å². The largest absolute Gasteiger partial charge is 0.458 e. The molecule has 0 unspecified atom stereocenters. The summed E-state index contributed by atoms with van der Waals surface area (Å²) in [5, 5.41) is 12.2. The maximum atomic E-state index is 12.2. The van der Waals surface area contributed by atoms with Gasteiger partial charge in [0.25, 0.3) is 0 Å². The molecule has 0 heterocycles. The molecule has 0 aliphatic carbocycles. The van der Waals surface area contributed by atoms with Crippen LogP contribution in [0.15, 0.2) is 0 Å². The quantitative estimate of drug-likeness (QED) is 0.386. The first kappa shape index (κ1) is 21.4. The summed E-state index contributed by atoms with van der Waals surface area (Å²) in [6, 6.07) is -0.841. The lowest BCUT2D eigenvalue weighted by Crippen LogP contribution is -2.46. The number of hydrogen-bond donors (Lipinski definition) is 2. The Morgan fingerprint density at radius 1 is 1.05 bits per heavy atom. The highest BCUT2D eigenvalue weighted by atomic mass is 127. The Morgan fingerprint density at radius 3 is 1.95 bits per heavy atom. The van der Waals surface area contributed by atoms with Crippen LogP contribution in [0.25, 0.3) is 0 Å². The third-order valence-corrected chi connectivity index (χ3v) is 3.37. The van der Waals surface area contributed by atoms with Crippen molar-refractivity contribution in [2.75, 3.05) is 4.43 Å². The topological polar surface area (TPSA) is 84.9 Å². The van der Waals surface area contributed by atoms with Crippen LogP contribution in [-0.2, 0) is 14.3 Å². The van der Waals surface area contributed by atoms with Crippen LogP contribution in [0.3, 0.4) is 0 Å². The van der Waals surface area contributed by atoms with Crippen LogP contribution >= 0.6 is 22.6 Å². The Labute approximate surface area is 146 Å². The number of halogens is 1. The number of amides is 1. The zero-order valence-electron chi connectivity index (χ0n) is 14.2. The SMILES string of the molecule is CC(C)(C)OC(=O)N[C@@H](CC[C@@H](O)CI)C(=O)OC(C)(C)C. The molecule has 0 aromatic heterocycles. The average molecular weight is 429 g/mol. The van der Waals surface area contributed by atoms with Gasteiger partial charge in [-0.3, -0.25) is 0 Å². The molecular formula is C15H28INO5. The minimum atomic E-state index is -0.841. The van der Waals surface area contributed by atoms with E-state index in [9.17, 15) is 14.7 Å². The van der Waals surface area contributed by atoms with Gasteiger partial charge in [-0.15, -0.1) is 0 Å². The van der Waals surface area contributed by atoms with Crippen molar-refractivity contribution in [2.45, 2.75) is 77.7 Å². The summed E-state index contributed by atoms with van der Waals surface area (Å²) in [5.41, 5.74) is -1.29. The standard InChI is InChI=1S/C15H28INO5/c1-14(2,3)21-12(19)11(8-7-10(18)9-16)17-13(20)22-15(4,5)6/h10-11,18H,7-9H2,1-6H3,(H,17,20)/t10-,11+/m1/s1. The van der Waals surface area contributed by atoms with Gasteiger partial charge in [0.1, 0.15) is 17.2 Å². The molecule has 7 heteroatoms. The fourth-order valence-electron chi connectivity index (χ4n) is 1.51. The highest BCUT2D eigenvalue weighted by Gasteiger charge is 2.28. The summed E-state index contributed by atoms with van der Waals surface area (Å²) in [6.45, 7) is 10.5. The fraction of sp³-hybridized carbons (Fsp3) is 0.867. The Bertz CT molecular complexity index is 373. The van der Waals surface area contributed by atoms with Gasteiger partial charge in [-0.2, -0.15) is 0 Å². The summed E-state index contributed by atoms with van der Waals surface area (Å²) >= 11 is 2.06. The van der Waals surface area contributed by atoms with E-state index in [-0.39, 0.29) is 0 Å². The molecule has 0 aromatic carbocycles. The van der Waals surface area contributed by atoms with Gasteiger partial charge in [0, 0.05) is 4.43 Å². The molecule has 0 fully saturated rings. The van der Waals surface area contributed by atoms with Crippen molar-refractivity contribution in [3.05, 3.63) is 0 Å². The first-order valence-electron chi connectivity index (χ1n) is 7.30. The van der Waals surface area contributed by atoms with E-state index < -0.39 is 35.4 Å². The van der Waals surface area contributed by atoms with Gasteiger partial charge in [-0.25, -0.2) is 9.59 Å². The molecule has 0 aromatic rings. The fourth-order valence-corrected chi connectivity index (χ4v) is 1.95. The smallest absolute Gasteiger partial charge is 0.408 e. The molecule has 22 heavy (non-hydrogen) atoms. The first-order chi connectivity index (χ1) is 9.84. The monoisotopic (exact) mass is 429 g/mol. The summed E-state index contributed by atoms with van der Waals surface area (Å²) in [6.07, 6.45) is -0.515. The van der Waals surface area contributed by atoms with Crippen LogP contribution in [0.4, 0.5) is 4.79 Å². The van der Waals surface area contributed by atoms with E-state index in [0.29, 0.717) is 17.3 Å². The number of alkyl halides is 1. The van der Waals surface area contributed by atoms with E-state index in [1.165, 1.54) is 0 Å². The van der Waals surface area contributed by atoms with E-state index in [4.69, 9.17) is 9.47 Å². The molecular weight excluding hydrogens is 401 g/mol. The third kappa shape index (κ3) is 11.1. The summed E-state index contributed by atoms with van der Waals surface area (Å²) in [7, 11) is 0. The van der Waals surface area contributed by atoms with Crippen LogP contribution in [0.5, 0.6) is 0 Å². The Morgan fingerprint density at radius 2 is 1.55 bits per heavy atom. The van der Waals surface area contributed by atoms with E-state index in [0.717, 1.165) is 0 Å². The predicted molar refractivity (Wildman–Crippen MR) is 93.1 cm³/mol. The van der Waals surface area contributed by atoms with Gasteiger partial charge >= 0.3 is 12.1 Å². The lowest BCUT2D eigenvalue weighted by atomic mass is 10.1. The second-order valence-electron chi connectivity index (χ2n) is 7.12. The van der Waals surface area contributed by atoms with E-state index in [1.807, 2.05) is 0 Å². The summed E-state index contributed by atoms with van der Waals surface area (Å²) < 4.78 is 11.0. The van der Waals surface area contributed by atoms with Gasteiger partial charge in [0.15, 0.2) is 0 Å². The lowest BCUT2D eigenvalue weighted by molar-refractivity contribution is -0.157. The van der Waals surface area contributed by atoms with Crippen molar-refractivity contribution >= 4 is 34.7 Å². The second-order valence-corrected chi connectivity index (χ2v) is 8.00. The van der Waals surface area contributed by atoms with Crippen LogP contribution in [0, 0.1) is 0 Å². The second kappa shape index (κ2) is 8.90. The minimum Gasteiger partial charge on any atom is -0.458 e. The van der Waals surface area contributed by atoms with Crippen molar-refractivity contribution in [3.63, 3.8) is 0 Å². The number of rotatable bonds is 6. The van der Waals surface area contributed by atoms with Gasteiger partial charge in [-0.1, -0.05) is 22.6 Å². The Balaban J connectivity index is 4.78. The molecule has 0 saturated carbocycles. The van der Waals surface area contributed by atoms with Crippen LogP contribution < -0.4 is 5.32 Å². The number of aliphatic hydroxyl groups is 1. The third-order valence-electron chi connectivity index (χ3n) is 2.35. The van der Waals surface area contributed by atoms with Gasteiger partial charge in [0.2, 0.25) is 0 Å². The summed E-state index contributed by atoms with van der Waals surface area (Å²) in [4.78, 5) is 24.0. The number of ether oxygens (including phenoxy) is 2. The highest BCUT2D eigenvalue weighted by Crippen LogP contribution is 2.13. The predicted octanol–water partition coefficient (Wildman–Crippen LogP) is 2.80. The molecule has 0 aliphatic heterocycles. The highest BCUT2D eigenvalue weighted by molar-refractivity contribution is 14.1. The average Bonchev–Trinajstić information content (AvgIpc) is 2.29. The first-order valence-corrected chi connectivity index (χ1v) is 8.83. The number of aliphatic hydroxyl groups excluding tert-OH is 1. The molecule has 2 atom stereocenters. The van der Waals surface area contributed by atoms with Gasteiger partial charge < -0.3 is 19.9 Å². The molecule has 0 saturated heterocycles. The molecule has 0 aliphatic rings.